The molecule has 0 saturated heterocycles. The van der Waals surface area contributed by atoms with Crippen molar-refractivity contribution >= 4 is 11.6 Å². The van der Waals surface area contributed by atoms with E-state index in [0.717, 1.165) is 11.1 Å². The molecule has 0 aliphatic rings. The third-order valence-corrected chi connectivity index (χ3v) is 2.66. The predicted molar refractivity (Wildman–Crippen MR) is 76.5 cm³/mol. The molecule has 2 aromatic rings. The molecule has 0 bridgehead atoms. The number of aryl methyl sites for hydroxylation is 1. The molecular weight excluding hydrogens is 241 g/mol. The highest BCUT2D eigenvalue weighted by Gasteiger charge is 2.02. The van der Waals surface area contributed by atoms with Gasteiger partial charge in [0.2, 0.25) is 0 Å². The van der Waals surface area contributed by atoms with Gasteiger partial charge in [-0.25, -0.2) is 9.38 Å². The Hall–Kier alpha value is -2.36. The highest BCUT2D eigenvalue weighted by atomic mass is 19.1. The Balaban J connectivity index is 2.04. The molecule has 0 fully saturated rings. The minimum absolute atomic E-state index is 0.202. The zero-order valence-corrected chi connectivity index (χ0v) is 10.7. The lowest BCUT2D eigenvalue weighted by Gasteiger charge is -2.07. The summed E-state index contributed by atoms with van der Waals surface area (Å²) in [6.45, 7) is 2.36. The largest absolute Gasteiger partial charge is 0.370 e. The summed E-state index contributed by atoms with van der Waals surface area (Å²) in [5.74, 6) is -0.142. The molecule has 0 aliphatic heterocycles. The van der Waals surface area contributed by atoms with Gasteiger partial charge in [0.15, 0.2) is 5.96 Å². The van der Waals surface area contributed by atoms with E-state index in [1.165, 1.54) is 6.07 Å². The van der Waals surface area contributed by atoms with E-state index in [1.54, 1.807) is 12.1 Å². The van der Waals surface area contributed by atoms with Gasteiger partial charge in [-0.3, -0.25) is 0 Å². The van der Waals surface area contributed by atoms with Gasteiger partial charge in [-0.05, 0) is 30.2 Å². The normalized spacial score (nSPS) is 11.4. The molecular formula is C15H16FN3. The van der Waals surface area contributed by atoms with E-state index >= 15 is 0 Å². The summed E-state index contributed by atoms with van der Waals surface area (Å²) < 4.78 is 13.5. The first-order chi connectivity index (χ1) is 9.15. The number of halogens is 1. The number of anilines is 1. The van der Waals surface area contributed by atoms with E-state index in [-0.39, 0.29) is 11.8 Å². The van der Waals surface area contributed by atoms with E-state index in [4.69, 9.17) is 5.73 Å². The van der Waals surface area contributed by atoms with Crippen molar-refractivity contribution in [1.82, 2.24) is 0 Å². The maximum absolute atomic E-state index is 13.5. The lowest BCUT2D eigenvalue weighted by molar-refractivity contribution is 0.631. The molecule has 0 heterocycles. The predicted octanol–water partition coefficient (Wildman–Crippen LogP) is 3.06. The van der Waals surface area contributed by atoms with Crippen LogP contribution in [0.1, 0.15) is 11.1 Å². The fourth-order valence-corrected chi connectivity index (χ4v) is 1.67. The molecule has 98 valence electrons. The van der Waals surface area contributed by atoms with Crippen LogP contribution in [0.4, 0.5) is 10.1 Å². The fourth-order valence-electron chi connectivity index (χ4n) is 1.67. The monoisotopic (exact) mass is 257 g/mol. The van der Waals surface area contributed by atoms with Crippen LogP contribution in [-0.2, 0) is 6.54 Å². The summed E-state index contributed by atoms with van der Waals surface area (Å²) in [5, 5.41) is 2.77. The van der Waals surface area contributed by atoms with Crippen molar-refractivity contribution in [3.8, 4) is 0 Å². The van der Waals surface area contributed by atoms with Crippen LogP contribution in [0.3, 0.4) is 0 Å². The van der Waals surface area contributed by atoms with Crippen molar-refractivity contribution in [3.63, 3.8) is 0 Å². The third kappa shape index (κ3) is 3.81. The molecule has 3 N–H and O–H groups in total. The van der Waals surface area contributed by atoms with Crippen LogP contribution in [0.25, 0.3) is 0 Å². The van der Waals surface area contributed by atoms with Crippen LogP contribution in [0.5, 0.6) is 0 Å². The van der Waals surface area contributed by atoms with Crippen LogP contribution >= 0.6 is 0 Å². The molecule has 0 unspecified atom stereocenters. The van der Waals surface area contributed by atoms with Crippen molar-refractivity contribution in [2.75, 3.05) is 5.32 Å². The molecule has 2 aromatic carbocycles. The minimum Gasteiger partial charge on any atom is -0.370 e. The first-order valence-electron chi connectivity index (χ1n) is 6.02. The number of nitrogens with zero attached hydrogens (tertiary/aromatic N) is 1. The van der Waals surface area contributed by atoms with Crippen LogP contribution in [-0.4, -0.2) is 5.96 Å². The van der Waals surface area contributed by atoms with Gasteiger partial charge in [0.25, 0.3) is 0 Å². The molecule has 0 atom stereocenters. The lowest BCUT2D eigenvalue weighted by atomic mass is 10.2. The molecule has 2 rings (SSSR count). The van der Waals surface area contributed by atoms with E-state index in [9.17, 15) is 4.39 Å². The number of hydrogen-bond acceptors (Lipinski definition) is 1. The maximum atomic E-state index is 13.5. The van der Waals surface area contributed by atoms with Gasteiger partial charge in [-0.15, -0.1) is 0 Å². The Morgan fingerprint density at radius 2 is 1.95 bits per heavy atom. The summed E-state index contributed by atoms with van der Waals surface area (Å²) in [6, 6.07) is 14.6. The van der Waals surface area contributed by atoms with Crippen LogP contribution in [0.15, 0.2) is 53.5 Å². The third-order valence-electron chi connectivity index (χ3n) is 2.66. The number of aliphatic imine (C=N–C) groups is 1. The average molecular weight is 257 g/mol. The second-order valence-electron chi connectivity index (χ2n) is 4.30. The van der Waals surface area contributed by atoms with Crippen molar-refractivity contribution in [1.29, 1.82) is 0 Å². The number of nitrogens with one attached hydrogen (secondary N) is 1. The molecule has 0 saturated carbocycles. The van der Waals surface area contributed by atoms with Crippen LogP contribution in [0, 0.1) is 12.7 Å². The molecule has 3 nitrogen and oxygen atoms in total. The first kappa shape index (κ1) is 13.1. The zero-order chi connectivity index (χ0) is 13.7. The van der Waals surface area contributed by atoms with Crippen molar-refractivity contribution in [2.24, 2.45) is 10.7 Å². The van der Waals surface area contributed by atoms with E-state index < -0.39 is 0 Å². The van der Waals surface area contributed by atoms with E-state index in [2.05, 4.69) is 10.3 Å². The van der Waals surface area contributed by atoms with Crippen molar-refractivity contribution in [3.05, 3.63) is 65.5 Å². The van der Waals surface area contributed by atoms with E-state index in [0.29, 0.717) is 12.2 Å². The standard InChI is InChI=1S/C15H16FN3/c1-11-7-8-13(16)14(9-11)19-15(17)18-10-12-5-3-2-4-6-12/h2-9H,10H2,1H3,(H3,17,18,19). The second-order valence-corrected chi connectivity index (χ2v) is 4.30. The van der Waals surface area contributed by atoms with Crippen molar-refractivity contribution in [2.45, 2.75) is 13.5 Å². The topological polar surface area (TPSA) is 50.4 Å². The maximum Gasteiger partial charge on any atom is 0.193 e. The number of benzene rings is 2. The number of nitrogens with two attached hydrogens (primary N) is 1. The van der Waals surface area contributed by atoms with Gasteiger partial charge in [0.05, 0.1) is 12.2 Å². The Morgan fingerprint density at radius 3 is 2.68 bits per heavy atom. The molecule has 0 radical (unpaired) electrons. The highest BCUT2D eigenvalue weighted by molar-refractivity contribution is 5.92. The Kier molecular flexibility index (Phi) is 4.13. The highest BCUT2D eigenvalue weighted by Crippen LogP contribution is 2.15. The molecule has 0 aliphatic carbocycles. The lowest BCUT2D eigenvalue weighted by Crippen LogP contribution is -2.23. The summed E-state index contributed by atoms with van der Waals surface area (Å²) >= 11 is 0. The second kappa shape index (κ2) is 6.00. The number of guanidine groups is 1. The smallest absolute Gasteiger partial charge is 0.193 e. The number of hydrogen-bond donors (Lipinski definition) is 2. The minimum atomic E-state index is -0.344. The fraction of sp³-hybridized carbons (Fsp3) is 0.133. The first-order valence-corrected chi connectivity index (χ1v) is 6.02. The summed E-state index contributed by atoms with van der Waals surface area (Å²) in [7, 11) is 0. The quantitative estimate of drug-likeness (QED) is 0.656. The molecule has 0 amide bonds. The number of rotatable bonds is 3. The SMILES string of the molecule is Cc1ccc(F)c(NC(N)=NCc2ccccc2)c1. The van der Waals surface area contributed by atoms with Gasteiger partial charge in [-0.1, -0.05) is 36.4 Å². The zero-order valence-electron chi connectivity index (χ0n) is 10.7. The molecule has 0 aromatic heterocycles. The molecule has 0 spiro atoms. The average Bonchev–Trinajstić information content (AvgIpc) is 2.42. The van der Waals surface area contributed by atoms with Crippen LogP contribution in [0.2, 0.25) is 0 Å². The Labute approximate surface area is 112 Å². The van der Waals surface area contributed by atoms with Gasteiger partial charge >= 0.3 is 0 Å². The Bertz CT molecular complexity index is 579. The van der Waals surface area contributed by atoms with Gasteiger partial charge in [-0.2, -0.15) is 0 Å². The summed E-state index contributed by atoms with van der Waals surface area (Å²) in [5.41, 5.74) is 8.10. The van der Waals surface area contributed by atoms with Gasteiger partial charge in [0.1, 0.15) is 5.82 Å². The summed E-state index contributed by atoms with van der Waals surface area (Å²) in [4.78, 5) is 4.18. The van der Waals surface area contributed by atoms with Crippen molar-refractivity contribution < 1.29 is 4.39 Å². The molecule has 4 heteroatoms. The molecule has 19 heavy (non-hydrogen) atoms. The van der Waals surface area contributed by atoms with Gasteiger partial charge < -0.3 is 11.1 Å². The van der Waals surface area contributed by atoms with Crippen LogP contribution < -0.4 is 11.1 Å². The Morgan fingerprint density at radius 1 is 1.21 bits per heavy atom. The summed E-state index contributed by atoms with van der Waals surface area (Å²) in [6.07, 6.45) is 0. The van der Waals surface area contributed by atoms with E-state index in [1.807, 2.05) is 37.3 Å². The van der Waals surface area contributed by atoms with Gasteiger partial charge in [0, 0.05) is 0 Å².